The monoisotopic (exact) mass is 355 g/mol. The van der Waals surface area contributed by atoms with Gasteiger partial charge in [0, 0.05) is 30.8 Å². The van der Waals surface area contributed by atoms with Gasteiger partial charge in [0.05, 0.1) is 5.56 Å². The zero-order chi connectivity index (χ0) is 16.4. The van der Waals surface area contributed by atoms with E-state index in [0.29, 0.717) is 22.9 Å². The molecule has 2 heterocycles. The molecule has 0 saturated carbocycles. The lowest BCUT2D eigenvalue weighted by Crippen LogP contribution is -2.32. The average molecular weight is 356 g/mol. The van der Waals surface area contributed by atoms with Gasteiger partial charge in [-0.15, -0.1) is 11.3 Å². The van der Waals surface area contributed by atoms with Crippen LogP contribution in [-0.2, 0) is 0 Å². The predicted molar refractivity (Wildman–Crippen MR) is 89.5 cm³/mol. The van der Waals surface area contributed by atoms with E-state index in [4.69, 9.17) is 11.6 Å². The minimum absolute atomic E-state index is 0.0681. The van der Waals surface area contributed by atoms with Crippen molar-refractivity contribution in [1.29, 1.82) is 0 Å². The number of alkyl halides is 2. The molecule has 6 heteroatoms. The predicted octanol–water partition coefficient (Wildman–Crippen LogP) is 5.33. The molecule has 0 N–H and O–H groups in total. The Hall–Kier alpha value is -1.46. The summed E-state index contributed by atoms with van der Waals surface area (Å²) in [6, 6.07) is 11.4. The minimum Gasteiger partial charge on any atom is -0.338 e. The first-order valence-corrected chi connectivity index (χ1v) is 8.67. The highest BCUT2D eigenvalue weighted by atomic mass is 35.5. The summed E-state index contributed by atoms with van der Waals surface area (Å²) >= 11 is 7.56. The number of likely N-dealkylation sites (tertiary alicyclic amines) is 1. The number of thiophene rings is 1. The third-order valence-corrected chi connectivity index (χ3v) is 5.39. The molecule has 1 aromatic carbocycles. The molecular weight excluding hydrogens is 340 g/mol. The van der Waals surface area contributed by atoms with Gasteiger partial charge in [0.25, 0.3) is 5.91 Å². The van der Waals surface area contributed by atoms with Crippen molar-refractivity contribution in [1.82, 2.24) is 4.90 Å². The van der Waals surface area contributed by atoms with Crippen LogP contribution in [0.4, 0.5) is 8.78 Å². The third kappa shape index (κ3) is 3.72. The smallest absolute Gasteiger partial charge is 0.256 e. The van der Waals surface area contributed by atoms with E-state index in [9.17, 15) is 13.6 Å². The summed E-state index contributed by atoms with van der Waals surface area (Å²) in [5.74, 6) is -2.94. The number of nitrogens with zero attached hydrogens (tertiary/aromatic N) is 1. The zero-order valence-corrected chi connectivity index (χ0v) is 14.0. The molecule has 0 radical (unpaired) electrons. The Kier molecular flexibility index (Phi) is 4.69. The normalized spacial score (nSPS) is 17.8. The maximum atomic E-state index is 13.4. The summed E-state index contributed by atoms with van der Waals surface area (Å²) in [6.45, 7) is 0.417. The number of carbonyl (C=O) groups excluding carboxylic acids is 1. The van der Waals surface area contributed by atoms with Crippen LogP contribution in [0.3, 0.4) is 0 Å². The SMILES string of the molecule is O=C(c1cc(-c2ccccc2)sc1Cl)N1CCCC(F)(F)CC1. The fourth-order valence-corrected chi connectivity index (χ4v) is 3.96. The first kappa shape index (κ1) is 16.4. The molecule has 1 aliphatic rings. The highest BCUT2D eigenvalue weighted by molar-refractivity contribution is 7.19. The maximum Gasteiger partial charge on any atom is 0.256 e. The van der Waals surface area contributed by atoms with Gasteiger partial charge in [-0.05, 0) is 18.1 Å². The van der Waals surface area contributed by atoms with Crippen molar-refractivity contribution in [2.24, 2.45) is 0 Å². The van der Waals surface area contributed by atoms with Crippen LogP contribution >= 0.6 is 22.9 Å². The van der Waals surface area contributed by atoms with Crippen LogP contribution < -0.4 is 0 Å². The summed E-state index contributed by atoms with van der Waals surface area (Å²) in [7, 11) is 0. The van der Waals surface area contributed by atoms with Gasteiger partial charge >= 0.3 is 0 Å². The number of hydrogen-bond acceptors (Lipinski definition) is 2. The second-order valence-corrected chi connectivity index (χ2v) is 7.32. The third-order valence-electron chi connectivity index (χ3n) is 3.98. The average Bonchev–Trinajstić information content (AvgIpc) is 2.82. The molecule has 122 valence electrons. The molecule has 3 rings (SSSR count). The minimum atomic E-state index is -2.68. The second kappa shape index (κ2) is 6.57. The number of hydrogen-bond donors (Lipinski definition) is 0. The number of benzene rings is 1. The molecule has 23 heavy (non-hydrogen) atoms. The molecule has 1 saturated heterocycles. The Balaban J connectivity index is 1.81. The van der Waals surface area contributed by atoms with Gasteiger partial charge in [0.1, 0.15) is 4.34 Å². The Morgan fingerprint density at radius 2 is 1.91 bits per heavy atom. The van der Waals surface area contributed by atoms with Crippen molar-refractivity contribution in [3.8, 4) is 10.4 Å². The second-order valence-electron chi connectivity index (χ2n) is 5.67. The highest BCUT2D eigenvalue weighted by Gasteiger charge is 2.33. The van der Waals surface area contributed by atoms with Gasteiger partial charge in [-0.1, -0.05) is 41.9 Å². The Bertz CT molecular complexity index is 702. The lowest BCUT2D eigenvalue weighted by molar-refractivity contribution is -0.0125. The van der Waals surface area contributed by atoms with E-state index >= 15 is 0 Å². The van der Waals surface area contributed by atoms with Crippen molar-refractivity contribution in [3.05, 3.63) is 46.3 Å². The molecule has 1 amide bonds. The van der Waals surface area contributed by atoms with Crippen molar-refractivity contribution < 1.29 is 13.6 Å². The van der Waals surface area contributed by atoms with E-state index in [0.717, 1.165) is 10.4 Å². The fourth-order valence-electron chi connectivity index (χ4n) is 2.70. The van der Waals surface area contributed by atoms with E-state index in [1.807, 2.05) is 30.3 Å². The summed E-state index contributed by atoms with van der Waals surface area (Å²) in [6.07, 6.45) is -0.137. The van der Waals surface area contributed by atoms with Gasteiger partial charge in [-0.2, -0.15) is 0 Å². The summed E-state index contributed by atoms with van der Waals surface area (Å²) in [5.41, 5.74) is 1.39. The van der Waals surface area contributed by atoms with Crippen molar-refractivity contribution in [2.75, 3.05) is 13.1 Å². The van der Waals surface area contributed by atoms with E-state index in [-0.39, 0.29) is 25.3 Å². The zero-order valence-electron chi connectivity index (χ0n) is 12.4. The van der Waals surface area contributed by atoms with Crippen molar-refractivity contribution in [3.63, 3.8) is 0 Å². The Morgan fingerprint density at radius 1 is 1.17 bits per heavy atom. The van der Waals surface area contributed by atoms with Crippen LogP contribution in [0, 0.1) is 0 Å². The van der Waals surface area contributed by atoms with Crippen LogP contribution in [0.5, 0.6) is 0 Å². The van der Waals surface area contributed by atoms with E-state index < -0.39 is 5.92 Å². The molecule has 0 atom stereocenters. The van der Waals surface area contributed by atoms with Gasteiger partial charge in [-0.25, -0.2) is 8.78 Å². The summed E-state index contributed by atoms with van der Waals surface area (Å²) in [4.78, 5) is 15.0. The molecule has 0 aliphatic carbocycles. The number of halogens is 3. The first-order valence-electron chi connectivity index (χ1n) is 7.48. The quantitative estimate of drug-likeness (QED) is 0.713. The van der Waals surface area contributed by atoms with Crippen LogP contribution in [0.25, 0.3) is 10.4 Å². The molecule has 0 spiro atoms. The summed E-state index contributed by atoms with van der Waals surface area (Å²) in [5, 5.41) is 0. The molecule has 0 bridgehead atoms. The van der Waals surface area contributed by atoms with Crippen LogP contribution in [0.1, 0.15) is 29.6 Å². The standard InChI is InChI=1S/C17H16ClF2NOS/c18-15-13(11-14(23-15)12-5-2-1-3-6-12)16(22)21-9-4-7-17(19,20)8-10-21/h1-3,5-6,11H,4,7-10H2. The Morgan fingerprint density at radius 3 is 2.65 bits per heavy atom. The van der Waals surface area contributed by atoms with Crippen molar-refractivity contribution in [2.45, 2.75) is 25.2 Å². The first-order chi connectivity index (χ1) is 11.0. The van der Waals surface area contributed by atoms with Crippen molar-refractivity contribution >= 4 is 28.8 Å². The molecule has 0 unspecified atom stereocenters. The number of amides is 1. The maximum absolute atomic E-state index is 13.4. The van der Waals surface area contributed by atoms with Gasteiger partial charge in [-0.3, -0.25) is 4.79 Å². The van der Waals surface area contributed by atoms with Crippen LogP contribution in [-0.4, -0.2) is 29.8 Å². The molecule has 1 aromatic heterocycles. The largest absolute Gasteiger partial charge is 0.338 e. The summed E-state index contributed by atoms with van der Waals surface area (Å²) < 4.78 is 27.3. The molecular formula is C17H16ClF2NOS. The van der Waals surface area contributed by atoms with Gasteiger partial charge < -0.3 is 4.90 Å². The molecule has 1 fully saturated rings. The fraction of sp³-hybridized carbons (Fsp3) is 0.353. The Labute approximate surface area is 142 Å². The van der Waals surface area contributed by atoms with E-state index in [1.54, 1.807) is 6.07 Å². The number of rotatable bonds is 2. The number of carbonyl (C=O) groups is 1. The molecule has 2 aromatic rings. The molecule has 1 aliphatic heterocycles. The van der Waals surface area contributed by atoms with Gasteiger partial charge in [0.2, 0.25) is 5.92 Å². The lowest BCUT2D eigenvalue weighted by Gasteiger charge is -2.20. The molecule has 2 nitrogen and oxygen atoms in total. The van der Waals surface area contributed by atoms with Crippen LogP contribution in [0.2, 0.25) is 4.34 Å². The lowest BCUT2D eigenvalue weighted by atomic mass is 10.1. The van der Waals surface area contributed by atoms with Crippen LogP contribution in [0.15, 0.2) is 36.4 Å². The van der Waals surface area contributed by atoms with E-state index in [1.165, 1.54) is 16.2 Å². The topological polar surface area (TPSA) is 20.3 Å². The van der Waals surface area contributed by atoms with Gasteiger partial charge in [0.15, 0.2) is 0 Å². The highest BCUT2D eigenvalue weighted by Crippen LogP contribution is 2.36. The van der Waals surface area contributed by atoms with E-state index in [2.05, 4.69) is 0 Å².